The van der Waals surface area contributed by atoms with Crippen molar-refractivity contribution in [2.75, 3.05) is 19.6 Å². The van der Waals surface area contributed by atoms with Crippen LogP contribution in [0.2, 0.25) is 0 Å². The monoisotopic (exact) mass is 300 g/mol. The Kier molecular flexibility index (Phi) is 4.24. The largest absolute Gasteiger partial charge is 0.422 e. The first-order chi connectivity index (χ1) is 10.7. The fourth-order valence-electron chi connectivity index (χ4n) is 3.07. The van der Waals surface area contributed by atoms with Crippen LogP contribution in [0.15, 0.2) is 39.5 Å². The number of para-hydroxylation sites is 1. The molecule has 2 aromatic rings. The summed E-state index contributed by atoms with van der Waals surface area (Å²) < 4.78 is 5.20. The summed E-state index contributed by atoms with van der Waals surface area (Å²) >= 11 is 0. The molecular weight excluding hydrogens is 280 g/mol. The van der Waals surface area contributed by atoms with E-state index in [1.807, 2.05) is 12.1 Å². The van der Waals surface area contributed by atoms with Crippen molar-refractivity contribution in [2.45, 2.75) is 25.8 Å². The Bertz CT molecular complexity index is 738. The van der Waals surface area contributed by atoms with Crippen LogP contribution >= 0.6 is 0 Å². The van der Waals surface area contributed by atoms with Gasteiger partial charge in [-0.2, -0.15) is 0 Å². The zero-order chi connectivity index (χ0) is 15.5. The molecule has 0 unspecified atom stereocenters. The predicted octanol–water partition coefficient (Wildman–Crippen LogP) is 2.01. The number of nitrogens with zero attached hydrogens (tertiary/aromatic N) is 1. The summed E-state index contributed by atoms with van der Waals surface area (Å²) in [5.74, 6) is -0.359. The number of rotatable bonds is 4. The van der Waals surface area contributed by atoms with E-state index < -0.39 is 5.63 Å². The number of benzene rings is 1. The van der Waals surface area contributed by atoms with Crippen LogP contribution in [0.4, 0.5) is 0 Å². The van der Waals surface area contributed by atoms with Gasteiger partial charge in [0.1, 0.15) is 11.1 Å². The molecule has 1 atom stereocenters. The molecule has 1 aliphatic heterocycles. The van der Waals surface area contributed by atoms with Crippen molar-refractivity contribution in [1.29, 1.82) is 0 Å². The smallest absolute Gasteiger partial charge is 0.349 e. The van der Waals surface area contributed by atoms with Crippen molar-refractivity contribution in [3.8, 4) is 0 Å². The van der Waals surface area contributed by atoms with Crippen LogP contribution in [-0.2, 0) is 0 Å². The molecule has 0 saturated carbocycles. The summed E-state index contributed by atoms with van der Waals surface area (Å²) in [4.78, 5) is 26.6. The molecule has 22 heavy (non-hydrogen) atoms. The van der Waals surface area contributed by atoms with Crippen LogP contribution in [0.5, 0.6) is 0 Å². The minimum atomic E-state index is -0.588. The Morgan fingerprint density at radius 1 is 1.41 bits per heavy atom. The van der Waals surface area contributed by atoms with Gasteiger partial charge < -0.3 is 9.73 Å². The molecule has 1 saturated heterocycles. The Morgan fingerprint density at radius 2 is 2.23 bits per heavy atom. The van der Waals surface area contributed by atoms with Crippen molar-refractivity contribution >= 4 is 16.9 Å². The lowest BCUT2D eigenvalue weighted by Crippen LogP contribution is -2.41. The molecular formula is C17H20N2O3. The van der Waals surface area contributed by atoms with Crippen molar-refractivity contribution in [1.82, 2.24) is 10.2 Å². The highest BCUT2D eigenvalue weighted by Gasteiger charge is 2.24. The van der Waals surface area contributed by atoms with Crippen LogP contribution in [0.3, 0.4) is 0 Å². The van der Waals surface area contributed by atoms with Gasteiger partial charge >= 0.3 is 5.63 Å². The molecule has 5 nitrogen and oxygen atoms in total. The first kappa shape index (κ1) is 14.8. The van der Waals surface area contributed by atoms with Crippen molar-refractivity contribution in [3.05, 3.63) is 46.3 Å². The van der Waals surface area contributed by atoms with Gasteiger partial charge in [-0.15, -0.1) is 0 Å². The fourth-order valence-corrected chi connectivity index (χ4v) is 3.07. The van der Waals surface area contributed by atoms with E-state index >= 15 is 0 Å². The van der Waals surface area contributed by atoms with Crippen molar-refractivity contribution in [2.24, 2.45) is 0 Å². The number of hydrogen-bond donors (Lipinski definition) is 1. The minimum absolute atomic E-state index is 0.0692. The number of carbonyl (C=O) groups is 1. The van der Waals surface area contributed by atoms with Crippen LogP contribution in [0.25, 0.3) is 11.0 Å². The summed E-state index contributed by atoms with van der Waals surface area (Å²) in [6.07, 6.45) is 2.24. The first-order valence-corrected chi connectivity index (χ1v) is 7.74. The summed E-state index contributed by atoms with van der Waals surface area (Å²) in [5, 5.41) is 3.62. The highest BCUT2D eigenvalue weighted by Crippen LogP contribution is 2.16. The maximum atomic E-state index is 12.3. The Morgan fingerprint density at radius 3 is 3.05 bits per heavy atom. The number of nitrogens with one attached hydrogen (secondary N) is 1. The Balaban J connectivity index is 1.75. The fraction of sp³-hybridized carbons (Fsp3) is 0.412. The van der Waals surface area contributed by atoms with Crippen LogP contribution in [-0.4, -0.2) is 36.5 Å². The maximum Gasteiger partial charge on any atom is 0.349 e. The first-order valence-electron chi connectivity index (χ1n) is 7.74. The van der Waals surface area contributed by atoms with Gasteiger partial charge in [0.05, 0.1) is 0 Å². The number of likely N-dealkylation sites (tertiary alicyclic amines) is 1. The third-order valence-corrected chi connectivity index (χ3v) is 4.29. The van der Waals surface area contributed by atoms with Crippen LogP contribution in [0, 0.1) is 0 Å². The second-order valence-electron chi connectivity index (χ2n) is 5.62. The van der Waals surface area contributed by atoms with E-state index in [2.05, 4.69) is 17.1 Å². The molecule has 1 aromatic carbocycles. The number of carbonyl (C=O) groups excluding carboxylic acids is 1. The molecule has 5 heteroatoms. The third-order valence-electron chi connectivity index (χ3n) is 4.29. The lowest BCUT2D eigenvalue weighted by molar-refractivity contribution is 0.0938. The van der Waals surface area contributed by atoms with Gasteiger partial charge in [0.2, 0.25) is 0 Å². The molecule has 2 heterocycles. The number of hydrogen-bond acceptors (Lipinski definition) is 4. The molecule has 0 radical (unpaired) electrons. The van der Waals surface area contributed by atoms with E-state index in [0.29, 0.717) is 18.2 Å². The SMILES string of the molecule is CCN1CCC[C@H]1CNC(=O)c1cc2ccccc2oc1=O. The van der Waals surface area contributed by atoms with Gasteiger partial charge in [-0.05, 0) is 38.1 Å². The lowest BCUT2D eigenvalue weighted by Gasteiger charge is -2.22. The maximum absolute atomic E-state index is 12.3. The summed E-state index contributed by atoms with van der Waals surface area (Å²) in [6, 6.07) is 9.15. The Hall–Kier alpha value is -2.14. The topological polar surface area (TPSA) is 62.6 Å². The Labute approximate surface area is 128 Å². The molecule has 3 rings (SSSR count). The van der Waals surface area contributed by atoms with E-state index in [1.54, 1.807) is 18.2 Å². The number of amides is 1. The third kappa shape index (κ3) is 2.90. The zero-order valence-corrected chi connectivity index (χ0v) is 12.7. The molecule has 1 N–H and O–H groups in total. The van der Waals surface area contributed by atoms with E-state index in [1.165, 1.54) is 0 Å². The van der Waals surface area contributed by atoms with Gasteiger partial charge in [0, 0.05) is 18.0 Å². The second kappa shape index (κ2) is 6.32. The zero-order valence-electron chi connectivity index (χ0n) is 12.7. The van der Waals surface area contributed by atoms with Gasteiger partial charge in [0.25, 0.3) is 5.91 Å². The summed E-state index contributed by atoms with van der Waals surface area (Å²) in [5.41, 5.74) is -0.0216. The van der Waals surface area contributed by atoms with Gasteiger partial charge in [-0.25, -0.2) is 4.79 Å². The van der Waals surface area contributed by atoms with Gasteiger partial charge in [-0.3, -0.25) is 9.69 Å². The van der Waals surface area contributed by atoms with Crippen LogP contribution in [0.1, 0.15) is 30.1 Å². The molecule has 1 fully saturated rings. The summed E-state index contributed by atoms with van der Waals surface area (Å²) in [6.45, 7) is 4.75. The summed E-state index contributed by atoms with van der Waals surface area (Å²) in [7, 11) is 0. The number of likely N-dealkylation sites (N-methyl/N-ethyl adjacent to an activating group) is 1. The molecule has 116 valence electrons. The van der Waals surface area contributed by atoms with Crippen LogP contribution < -0.4 is 10.9 Å². The molecule has 1 aliphatic rings. The molecule has 1 aromatic heterocycles. The van der Waals surface area contributed by atoms with E-state index in [-0.39, 0.29) is 11.5 Å². The van der Waals surface area contributed by atoms with Gasteiger partial charge in [-0.1, -0.05) is 25.1 Å². The molecule has 0 aliphatic carbocycles. The molecule has 0 bridgehead atoms. The van der Waals surface area contributed by atoms with E-state index in [9.17, 15) is 9.59 Å². The second-order valence-corrected chi connectivity index (χ2v) is 5.62. The van der Waals surface area contributed by atoms with Crippen molar-refractivity contribution in [3.63, 3.8) is 0 Å². The molecule has 0 spiro atoms. The predicted molar refractivity (Wildman–Crippen MR) is 85.1 cm³/mol. The van der Waals surface area contributed by atoms with Gasteiger partial charge in [0.15, 0.2) is 0 Å². The minimum Gasteiger partial charge on any atom is -0.422 e. The number of fused-ring (bicyclic) bond motifs is 1. The quantitative estimate of drug-likeness (QED) is 0.877. The standard InChI is InChI=1S/C17H20N2O3/c1-2-19-9-5-7-13(19)11-18-16(20)14-10-12-6-3-4-8-15(12)22-17(14)21/h3-4,6,8,10,13H,2,5,7,9,11H2,1H3,(H,18,20)/t13-/m0/s1. The van der Waals surface area contributed by atoms with E-state index in [4.69, 9.17) is 4.42 Å². The normalized spacial score (nSPS) is 18.7. The lowest BCUT2D eigenvalue weighted by atomic mass is 10.1. The molecule has 1 amide bonds. The highest BCUT2D eigenvalue weighted by atomic mass is 16.4. The average molecular weight is 300 g/mol. The average Bonchev–Trinajstić information content (AvgIpc) is 2.99. The van der Waals surface area contributed by atoms with E-state index in [0.717, 1.165) is 31.3 Å². The van der Waals surface area contributed by atoms with Crippen molar-refractivity contribution < 1.29 is 9.21 Å². The highest BCUT2D eigenvalue weighted by molar-refractivity contribution is 5.96.